The maximum atomic E-state index is 12.4. The van der Waals surface area contributed by atoms with Crippen LogP contribution in [0, 0.1) is 5.41 Å². The SMILES string of the molecule is CC1(CNC(=O)c2c[nH]c3cc(N)ccc23)CCOCC1. The Morgan fingerprint density at radius 1 is 1.43 bits per heavy atom. The van der Waals surface area contributed by atoms with Crippen molar-refractivity contribution >= 4 is 22.5 Å². The summed E-state index contributed by atoms with van der Waals surface area (Å²) in [6, 6.07) is 5.53. The van der Waals surface area contributed by atoms with E-state index in [1.165, 1.54) is 0 Å². The van der Waals surface area contributed by atoms with Gasteiger partial charge in [0.05, 0.1) is 5.56 Å². The van der Waals surface area contributed by atoms with Crippen LogP contribution in [0.5, 0.6) is 0 Å². The van der Waals surface area contributed by atoms with Gasteiger partial charge in [-0.2, -0.15) is 0 Å². The first-order chi connectivity index (χ1) is 10.1. The fourth-order valence-electron chi connectivity index (χ4n) is 2.76. The van der Waals surface area contributed by atoms with Crippen LogP contribution in [0.15, 0.2) is 24.4 Å². The monoisotopic (exact) mass is 287 g/mol. The third-order valence-corrected chi connectivity index (χ3v) is 4.33. The van der Waals surface area contributed by atoms with Crippen molar-refractivity contribution in [3.8, 4) is 0 Å². The molecule has 0 spiro atoms. The summed E-state index contributed by atoms with van der Waals surface area (Å²) in [4.78, 5) is 15.5. The quantitative estimate of drug-likeness (QED) is 0.758. The average Bonchev–Trinajstić information content (AvgIpc) is 2.88. The van der Waals surface area contributed by atoms with Gasteiger partial charge in [-0.1, -0.05) is 6.92 Å². The molecule has 4 N–H and O–H groups in total. The number of nitrogen functional groups attached to an aromatic ring is 1. The van der Waals surface area contributed by atoms with Crippen molar-refractivity contribution in [2.24, 2.45) is 5.41 Å². The maximum Gasteiger partial charge on any atom is 0.253 e. The van der Waals surface area contributed by atoms with Gasteiger partial charge < -0.3 is 20.8 Å². The van der Waals surface area contributed by atoms with E-state index >= 15 is 0 Å². The molecule has 1 aliphatic rings. The Kier molecular flexibility index (Phi) is 3.59. The number of nitrogens with one attached hydrogen (secondary N) is 2. The number of ether oxygens (including phenoxy) is 1. The van der Waals surface area contributed by atoms with Gasteiger partial charge in [0.15, 0.2) is 0 Å². The molecule has 1 aromatic carbocycles. The Balaban J connectivity index is 1.72. The Hall–Kier alpha value is -2.01. The Bertz CT molecular complexity index is 657. The molecule has 1 saturated heterocycles. The second-order valence-corrected chi connectivity index (χ2v) is 6.11. The molecule has 0 aliphatic carbocycles. The van der Waals surface area contributed by atoms with Crippen LogP contribution >= 0.6 is 0 Å². The summed E-state index contributed by atoms with van der Waals surface area (Å²) < 4.78 is 5.38. The van der Waals surface area contributed by atoms with Crippen LogP contribution in [0.4, 0.5) is 5.69 Å². The van der Waals surface area contributed by atoms with E-state index in [9.17, 15) is 4.79 Å². The van der Waals surface area contributed by atoms with Crippen molar-refractivity contribution in [3.63, 3.8) is 0 Å². The Morgan fingerprint density at radius 2 is 2.19 bits per heavy atom. The van der Waals surface area contributed by atoms with Gasteiger partial charge in [0.25, 0.3) is 5.91 Å². The lowest BCUT2D eigenvalue weighted by Gasteiger charge is -2.33. The van der Waals surface area contributed by atoms with E-state index in [4.69, 9.17) is 10.5 Å². The fraction of sp³-hybridized carbons (Fsp3) is 0.438. The zero-order chi connectivity index (χ0) is 14.9. The lowest BCUT2D eigenvalue weighted by atomic mass is 9.82. The van der Waals surface area contributed by atoms with Crippen LogP contribution in [0.3, 0.4) is 0 Å². The molecule has 5 heteroatoms. The van der Waals surface area contributed by atoms with Crippen LogP contribution in [-0.2, 0) is 4.74 Å². The molecule has 0 saturated carbocycles. The molecule has 1 aliphatic heterocycles. The number of nitrogens with two attached hydrogens (primary N) is 1. The fourth-order valence-corrected chi connectivity index (χ4v) is 2.76. The van der Waals surface area contributed by atoms with Gasteiger partial charge in [-0.3, -0.25) is 4.79 Å². The van der Waals surface area contributed by atoms with E-state index in [0.29, 0.717) is 17.8 Å². The highest BCUT2D eigenvalue weighted by Crippen LogP contribution is 2.29. The molecule has 0 bridgehead atoms. The second-order valence-electron chi connectivity index (χ2n) is 6.11. The molecule has 2 aromatic rings. The van der Waals surface area contributed by atoms with Crippen molar-refractivity contribution in [1.29, 1.82) is 0 Å². The number of aromatic amines is 1. The van der Waals surface area contributed by atoms with E-state index in [1.807, 2.05) is 18.2 Å². The van der Waals surface area contributed by atoms with Gasteiger partial charge >= 0.3 is 0 Å². The predicted octanol–water partition coefficient (Wildman–Crippen LogP) is 2.30. The molecule has 0 unspecified atom stereocenters. The zero-order valence-corrected chi connectivity index (χ0v) is 12.2. The molecule has 1 amide bonds. The zero-order valence-electron chi connectivity index (χ0n) is 12.2. The molecule has 0 atom stereocenters. The third kappa shape index (κ3) is 2.88. The Morgan fingerprint density at radius 3 is 2.95 bits per heavy atom. The smallest absolute Gasteiger partial charge is 0.253 e. The first kappa shape index (κ1) is 13.9. The van der Waals surface area contributed by atoms with Crippen molar-refractivity contribution < 1.29 is 9.53 Å². The van der Waals surface area contributed by atoms with Crippen molar-refractivity contribution in [2.45, 2.75) is 19.8 Å². The van der Waals surface area contributed by atoms with Gasteiger partial charge in [0.2, 0.25) is 0 Å². The number of benzene rings is 1. The van der Waals surface area contributed by atoms with Crippen LogP contribution in [0.25, 0.3) is 10.9 Å². The number of aromatic nitrogens is 1. The number of rotatable bonds is 3. The molecule has 112 valence electrons. The van der Waals surface area contributed by atoms with E-state index in [0.717, 1.165) is 37.0 Å². The summed E-state index contributed by atoms with van der Waals surface area (Å²) >= 11 is 0. The number of anilines is 1. The molecule has 21 heavy (non-hydrogen) atoms. The highest BCUT2D eigenvalue weighted by Gasteiger charge is 2.28. The van der Waals surface area contributed by atoms with Crippen LogP contribution < -0.4 is 11.1 Å². The van der Waals surface area contributed by atoms with E-state index < -0.39 is 0 Å². The summed E-state index contributed by atoms with van der Waals surface area (Å²) in [6.45, 7) is 4.43. The van der Waals surface area contributed by atoms with Gasteiger partial charge in [-0.25, -0.2) is 0 Å². The molecule has 1 aromatic heterocycles. The molecular formula is C16H21N3O2. The highest BCUT2D eigenvalue weighted by atomic mass is 16.5. The van der Waals surface area contributed by atoms with Crippen LogP contribution in [0.2, 0.25) is 0 Å². The molecular weight excluding hydrogens is 266 g/mol. The molecule has 0 radical (unpaired) electrons. The number of carbonyl (C=O) groups excluding carboxylic acids is 1. The summed E-state index contributed by atoms with van der Waals surface area (Å²) in [5.41, 5.74) is 8.12. The topological polar surface area (TPSA) is 80.1 Å². The summed E-state index contributed by atoms with van der Waals surface area (Å²) in [6.07, 6.45) is 3.71. The Labute approximate surface area is 123 Å². The van der Waals surface area contributed by atoms with Crippen molar-refractivity contribution in [3.05, 3.63) is 30.0 Å². The standard InChI is InChI=1S/C16H21N3O2/c1-16(4-6-21-7-5-16)10-19-15(20)13-9-18-14-8-11(17)2-3-12(13)14/h2-3,8-9,18H,4-7,10,17H2,1H3,(H,19,20). The lowest BCUT2D eigenvalue weighted by molar-refractivity contribution is 0.0238. The minimum atomic E-state index is -0.0428. The number of fused-ring (bicyclic) bond motifs is 1. The summed E-state index contributed by atoms with van der Waals surface area (Å²) in [5, 5.41) is 3.96. The number of amides is 1. The second kappa shape index (κ2) is 5.41. The van der Waals surface area contributed by atoms with E-state index in [-0.39, 0.29) is 11.3 Å². The van der Waals surface area contributed by atoms with Crippen LogP contribution in [0.1, 0.15) is 30.1 Å². The minimum Gasteiger partial charge on any atom is -0.399 e. The summed E-state index contributed by atoms with van der Waals surface area (Å²) in [7, 11) is 0. The van der Waals surface area contributed by atoms with E-state index in [1.54, 1.807) is 6.20 Å². The third-order valence-electron chi connectivity index (χ3n) is 4.33. The van der Waals surface area contributed by atoms with Crippen LogP contribution in [-0.4, -0.2) is 30.6 Å². The van der Waals surface area contributed by atoms with Crippen molar-refractivity contribution in [2.75, 3.05) is 25.5 Å². The van der Waals surface area contributed by atoms with Gasteiger partial charge in [-0.15, -0.1) is 0 Å². The average molecular weight is 287 g/mol. The van der Waals surface area contributed by atoms with Gasteiger partial charge in [-0.05, 0) is 36.5 Å². The number of carbonyl (C=O) groups is 1. The molecule has 1 fully saturated rings. The minimum absolute atomic E-state index is 0.0428. The van der Waals surface area contributed by atoms with Gasteiger partial charge in [0, 0.05) is 42.5 Å². The molecule has 3 rings (SSSR count). The number of hydrogen-bond donors (Lipinski definition) is 3. The number of H-pyrrole nitrogens is 1. The summed E-state index contributed by atoms with van der Waals surface area (Å²) in [5.74, 6) is -0.0428. The number of hydrogen-bond acceptors (Lipinski definition) is 3. The van der Waals surface area contributed by atoms with E-state index in [2.05, 4.69) is 17.2 Å². The van der Waals surface area contributed by atoms with Gasteiger partial charge in [0.1, 0.15) is 0 Å². The van der Waals surface area contributed by atoms with Crippen molar-refractivity contribution in [1.82, 2.24) is 10.3 Å². The molecule has 5 nitrogen and oxygen atoms in total. The first-order valence-electron chi connectivity index (χ1n) is 7.30. The first-order valence-corrected chi connectivity index (χ1v) is 7.30. The normalized spacial score (nSPS) is 17.8. The lowest BCUT2D eigenvalue weighted by Crippen LogP contribution is -2.39. The maximum absolute atomic E-state index is 12.4. The predicted molar refractivity (Wildman–Crippen MR) is 83.2 cm³/mol. The molecule has 2 heterocycles. The highest BCUT2D eigenvalue weighted by molar-refractivity contribution is 6.07. The largest absolute Gasteiger partial charge is 0.399 e.